The Hall–Kier alpha value is -3.13. The van der Waals surface area contributed by atoms with Crippen molar-refractivity contribution in [1.82, 2.24) is 9.47 Å². The van der Waals surface area contributed by atoms with Gasteiger partial charge in [0.2, 0.25) is 0 Å². The first kappa shape index (κ1) is 18.7. The molecule has 2 amide bonds. The number of benzene rings is 1. The molecule has 2 heterocycles. The third-order valence-corrected chi connectivity index (χ3v) is 5.15. The molecule has 0 atom stereocenters. The molecular weight excluding hydrogens is 366 g/mol. The molecule has 1 aliphatic heterocycles. The van der Waals surface area contributed by atoms with Crippen LogP contribution in [0.1, 0.15) is 17.0 Å². The second-order valence-electron chi connectivity index (χ2n) is 6.02. The van der Waals surface area contributed by atoms with E-state index in [0.717, 1.165) is 33.6 Å². The molecule has 0 saturated carbocycles. The zero-order valence-corrected chi connectivity index (χ0v) is 15.7. The van der Waals surface area contributed by atoms with Crippen molar-refractivity contribution in [3.63, 3.8) is 0 Å². The maximum absolute atomic E-state index is 12.4. The molecule has 8 heteroatoms. The molecule has 3 rings (SSSR count). The quantitative estimate of drug-likeness (QED) is 0.334. The highest BCUT2D eigenvalue weighted by molar-refractivity contribution is 8.18. The van der Waals surface area contributed by atoms with Gasteiger partial charge in [-0.25, -0.2) is 0 Å². The summed E-state index contributed by atoms with van der Waals surface area (Å²) in [6.07, 6.45) is 3.19. The first-order valence-corrected chi connectivity index (χ1v) is 8.95. The van der Waals surface area contributed by atoms with Crippen LogP contribution < -0.4 is 0 Å². The largest absolute Gasteiger partial charge is 0.318 e. The van der Waals surface area contributed by atoms with E-state index in [1.54, 1.807) is 18.2 Å². The first-order chi connectivity index (χ1) is 12.8. The molecular formula is C19H17N3O4S. The van der Waals surface area contributed by atoms with E-state index in [2.05, 4.69) is 6.58 Å². The fraction of sp³-hybridized carbons (Fsp3) is 0.158. The van der Waals surface area contributed by atoms with E-state index in [1.807, 2.05) is 24.5 Å². The van der Waals surface area contributed by atoms with Crippen molar-refractivity contribution in [2.75, 3.05) is 6.54 Å². The molecule has 0 N–H and O–H groups in total. The molecule has 1 saturated heterocycles. The summed E-state index contributed by atoms with van der Waals surface area (Å²) in [5.41, 5.74) is 3.14. The van der Waals surface area contributed by atoms with Gasteiger partial charge >= 0.3 is 0 Å². The lowest BCUT2D eigenvalue weighted by Crippen LogP contribution is -2.27. The van der Waals surface area contributed by atoms with Gasteiger partial charge in [-0.05, 0) is 49.4 Å². The molecule has 0 unspecified atom stereocenters. The summed E-state index contributed by atoms with van der Waals surface area (Å²) >= 11 is 0.895. The number of hydrogen-bond donors (Lipinski definition) is 0. The number of aryl methyl sites for hydroxylation is 1. The number of carbonyl (C=O) groups is 2. The predicted octanol–water partition coefficient (Wildman–Crippen LogP) is 4.22. The summed E-state index contributed by atoms with van der Waals surface area (Å²) in [5.74, 6) is -0.343. The van der Waals surface area contributed by atoms with E-state index in [4.69, 9.17) is 0 Å². The number of carbonyl (C=O) groups excluding carboxylic acids is 2. The van der Waals surface area contributed by atoms with Gasteiger partial charge in [0.1, 0.15) is 0 Å². The summed E-state index contributed by atoms with van der Waals surface area (Å²) in [4.78, 5) is 36.5. The van der Waals surface area contributed by atoms with Crippen LogP contribution in [0.3, 0.4) is 0 Å². The Morgan fingerprint density at radius 1 is 1.26 bits per heavy atom. The number of nitrogens with zero attached hydrogens (tertiary/aromatic N) is 3. The molecule has 1 aliphatic rings. The normalized spacial score (nSPS) is 15.6. The Morgan fingerprint density at radius 2 is 2.00 bits per heavy atom. The van der Waals surface area contributed by atoms with E-state index in [1.165, 1.54) is 18.2 Å². The van der Waals surface area contributed by atoms with Gasteiger partial charge in [0.05, 0.1) is 15.5 Å². The van der Waals surface area contributed by atoms with Crippen LogP contribution in [0.5, 0.6) is 0 Å². The lowest BCUT2D eigenvalue weighted by atomic mass is 10.2. The Bertz CT molecular complexity index is 1010. The summed E-state index contributed by atoms with van der Waals surface area (Å²) in [5, 5.41) is 10.7. The topological polar surface area (TPSA) is 85.4 Å². The molecule has 1 aromatic carbocycles. The maximum atomic E-state index is 12.4. The molecule has 27 heavy (non-hydrogen) atoms. The van der Waals surface area contributed by atoms with Crippen molar-refractivity contribution < 1.29 is 14.5 Å². The molecule has 2 aromatic rings. The Kier molecular flexibility index (Phi) is 5.00. The van der Waals surface area contributed by atoms with Crippen molar-refractivity contribution in [2.24, 2.45) is 0 Å². The third-order valence-electron chi connectivity index (χ3n) is 4.24. The molecule has 0 aliphatic carbocycles. The smallest absolute Gasteiger partial charge is 0.293 e. The second kappa shape index (κ2) is 7.24. The van der Waals surface area contributed by atoms with Gasteiger partial charge in [-0.15, -0.1) is 6.58 Å². The highest BCUT2D eigenvalue weighted by Gasteiger charge is 2.34. The van der Waals surface area contributed by atoms with Crippen LogP contribution in [0.25, 0.3) is 11.8 Å². The number of nitro groups is 1. The Morgan fingerprint density at radius 3 is 2.67 bits per heavy atom. The zero-order chi connectivity index (χ0) is 19.7. The van der Waals surface area contributed by atoms with Crippen LogP contribution in [0.15, 0.2) is 47.9 Å². The minimum atomic E-state index is -0.436. The number of aromatic nitrogens is 1. The molecule has 0 radical (unpaired) electrons. The van der Waals surface area contributed by atoms with Crippen LogP contribution in [0, 0.1) is 24.0 Å². The van der Waals surface area contributed by atoms with Crippen LogP contribution in [0.4, 0.5) is 10.5 Å². The SMILES string of the molecule is C=CCN1C(=O)S/C(=C\c2cc(C)n(-c3cccc([N+](=O)[O-])c3)c2C)C1=O. The van der Waals surface area contributed by atoms with Gasteiger partial charge in [0.15, 0.2) is 0 Å². The second-order valence-corrected chi connectivity index (χ2v) is 7.01. The minimum absolute atomic E-state index is 0.00657. The maximum Gasteiger partial charge on any atom is 0.293 e. The first-order valence-electron chi connectivity index (χ1n) is 8.13. The van der Waals surface area contributed by atoms with Crippen LogP contribution in [-0.4, -0.2) is 32.1 Å². The monoisotopic (exact) mass is 383 g/mol. The van der Waals surface area contributed by atoms with Crippen LogP contribution >= 0.6 is 11.8 Å². The number of non-ortho nitro benzene ring substituents is 1. The molecule has 0 spiro atoms. The van der Waals surface area contributed by atoms with E-state index in [9.17, 15) is 19.7 Å². The number of imide groups is 1. The summed E-state index contributed by atoms with van der Waals surface area (Å²) in [6.45, 7) is 7.48. The fourth-order valence-corrected chi connectivity index (χ4v) is 3.84. The number of rotatable bonds is 5. The molecule has 7 nitrogen and oxygen atoms in total. The van der Waals surface area contributed by atoms with Crippen LogP contribution in [0.2, 0.25) is 0 Å². The summed E-state index contributed by atoms with van der Waals surface area (Å²) in [6, 6.07) is 8.24. The van der Waals surface area contributed by atoms with E-state index in [0.29, 0.717) is 10.6 Å². The number of amides is 2. The van der Waals surface area contributed by atoms with E-state index < -0.39 is 4.92 Å². The highest BCUT2D eigenvalue weighted by Crippen LogP contribution is 2.33. The number of nitro benzene ring substituents is 1. The van der Waals surface area contributed by atoms with Crippen molar-refractivity contribution in [2.45, 2.75) is 13.8 Å². The average molecular weight is 383 g/mol. The van der Waals surface area contributed by atoms with Crippen molar-refractivity contribution in [3.05, 3.63) is 75.0 Å². The molecule has 1 aromatic heterocycles. The van der Waals surface area contributed by atoms with Crippen molar-refractivity contribution >= 4 is 34.7 Å². The van der Waals surface area contributed by atoms with Gasteiger partial charge < -0.3 is 4.57 Å². The minimum Gasteiger partial charge on any atom is -0.318 e. The van der Waals surface area contributed by atoms with Gasteiger partial charge in [-0.3, -0.25) is 24.6 Å². The Labute approximate surface area is 160 Å². The number of hydrogen-bond acceptors (Lipinski definition) is 5. The van der Waals surface area contributed by atoms with Gasteiger partial charge in [0, 0.05) is 30.1 Å². The molecule has 1 fully saturated rings. The van der Waals surface area contributed by atoms with E-state index >= 15 is 0 Å². The summed E-state index contributed by atoms with van der Waals surface area (Å²) < 4.78 is 1.88. The fourth-order valence-electron chi connectivity index (χ4n) is 3.00. The van der Waals surface area contributed by atoms with Gasteiger partial charge in [0.25, 0.3) is 16.8 Å². The molecule has 138 valence electrons. The summed E-state index contributed by atoms with van der Waals surface area (Å²) in [7, 11) is 0. The third kappa shape index (κ3) is 3.43. The standard InChI is InChI=1S/C19H17N3O4S/c1-4-8-20-18(23)17(27-19(20)24)10-14-9-12(2)21(13(14)3)15-6-5-7-16(11-15)22(25)26/h4-7,9-11H,1,8H2,2-3H3/b17-10-. The van der Waals surface area contributed by atoms with Crippen molar-refractivity contribution in [1.29, 1.82) is 0 Å². The lowest BCUT2D eigenvalue weighted by molar-refractivity contribution is -0.384. The number of thioether (sulfide) groups is 1. The molecule has 0 bridgehead atoms. The predicted molar refractivity (Wildman–Crippen MR) is 105 cm³/mol. The zero-order valence-electron chi connectivity index (χ0n) is 14.8. The van der Waals surface area contributed by atoms with Crippen molar-refractivity contribution in [3.8, 4) is 5.69 Å². The van der Waals surface area contributed by atoms with Gasteiger partial charge in [-0.2, -0.15) is 0 Å². The Balaban J connectivity index is 2.01. The average Bonchev–Trinajstić information content (AvgIpc) is 3.05. The van der Waals surface area contributed by atoms with Crippen LogP contribution in [-0.2, 0) is 4.79 Å². The van der Waals surface area contributed by atoms with Gasteiger partial charge in [-0.1, -0.05) is 12.1 Å². The van der Waals surface area contributed by atoms with E-state index in [-0.39, 0.29) is 23.4 Å². The lowest BCUT2D eigenvalue weighted by Gasteiger charge is -2.09. The highest BCUT2D eigenvalue weighted by atomic mass is 32.2.